The third-order valence-electron chi connectivity index (χ3n) is 3.44. The monoisotopic (exact) mass is 394 g/mol. The smallest absolute Gasteiger partial charge is 0.321 e. The molecular formula is C18H13F3N2OS2. The molecule has 0 atom stereocenters. The lowest BCUT2D eigenvalue weighted by molar-refractivity contribution is -0.136. The Labute approximate surface area is 155 Å². The molecule has 0 saturated carbocycles. The number of carbonyl (C=O) groups is 1. The molecular weight excluding hydrogens is 381 g/mol. The molecule has 0 bridgehead atoms. The molecule has 26 heavy (non-hydrogen) atoms. The van der Waals surface area contributed by atoms with Gasteiger partial charge in [0.2, 0.25) is 0 Å². The van der Waals surface area contributed by atoms with Crippen LogP contribution in [0, 0.1) is 6.92 Å². The van der Waals surface area contributed by atoms with Gasteiger partial charge in [-0.1, -0.05) is 12.1 Å². The van der Waals surface area contributed by atoms with Crippen molar-refractivity contribution in [2.75, 3.05) is 5.32 Å². The number of aliphatic imine (C=N–C) groups is 1. The zero-order valence-electron chi connectivity index (χ0n) is 13.5. The minimum atomic E-state index is -4.55. The van der Waals surface area contributed by atoms with Crippen molar-refractivity contribution >= 4 is 45.5 Å². The molecule has 1 N–H and O–H groups in total. The van der Waals surface area contributed by atoms with Crippen LogP contribution in [0.2, 0.25) is 0 Å². The fraction of sp³-hybridized carbons (Fsp3) is 0.111. The summed E-state index contributed by atoms with van der Waals surface area (Å²) in [5.41, 5.74) is -0.931. The topological polar surface area (TPSA) is 41.5 Å². The first-order valence-electron chi connectivity index (χ1n) is 7.50. The Morgan fingerprint density at radius 1 is 1.15 bits per heavy atom. The first kappa shape index (κ1) is 18.3. The Balaban J connectivity index is 1.82. The third kappa shape index (κ3) is 4.20. The highest BCUT2D eigenvalue weighted by atomic mass is 32.1. The number of carbonyl (C=O) groups excluding carboxylic acids is 1. The minimum Gasteiger partial charge on any atom is -0.321 e. The number of halogens is 3. The summed E-state index contributed by atoms with van der Waals surface area (Å²) in [6.07, 6.45) is -2.90. The zero-order chi connectivity index (χ0) is 18.7. The molecule has 3 aromatic rings. The van der Waals surface area contributed by atoms with Crippen LogP contribution in [-0.2, 0) is 6.18 Å². The maximum atomic E-state index is 13.1. The molecule has 0 unspecified atom stereocenters. The van der Waals surface area contributed by atoms with E-state index in [2.05, 4.69) is 10.3 Å². The van der Waals surface area contributed by atoms with E-state index in [0.717, 1.165) is 15.8 Å². The van der Waals surface area contributed by atoms with Gasteiger partial charge < -0.3 is 5.32 Å². The molecule has 134 valence electrons. The molecule has 1 amide bonds. The van der Waals surface area contributed by atoms with E-state index in [1.54, 1.807) is 29.0 Å². The van der Waals surface area contributed by atoms with E-state index in [1.807, 2.05) is 19.1 Å². The van der Waals surface area contributed by atoms with Crippen LogP contribution >= 0.6 is 22.7 Å². The van der Waals surface area contributed by atoms with Gasteiger partial charge in [0, 0.05) is 16.0 Å². The number of rotatable bonds is 4. The summed E-state index contributed by atoms with van der Waals surface area (Å²) in [5.74, 6) is -0.627. The van der Waals surface area contributed by atoms with Gasteiger partial charge in [-0.15, -0.1) is 22.7 Å². The Bertz CT molecular complexity index is 957. The molecule has 3 rings (SSSR count). The molecule has 0 saturated heterocycles. The van der Waals surface area contributed by atoms with E-state index in [0.29, 0.717) is 5.00 Å². The van der Waals surface area contributed by atoms with Crippen molar-refractivity contribution in [3.05, 3.63) is 68.7 Å². The van der Waals surface area contributed by atoms with Crippen molar-refractivity contribution in [1.82, 2.24) is 0 Å². The van der Waals surface area contributed by atoms with Crippen LogP contribution < -0.4 is 5.32 Å². The van der Waals surface area contributed by atoms with Gasteiger partial charge in [0.25, 0.3) is 5.91 Å². The first-order chi connectivity index (χ1) is 12.3. The number of aryl methyl sites for hydroxylation is 1. The molecule has 0 fully saturated rings. The SMILES string of the molecule is Cc1ccc(/C=N/c2sccc2C(=O)Nc2ccccc2C(F)(F)F)s1. The highest BCUT2D eigenvalue weighted by Crippen LogP contribution is 2.35. The minimum absolute atomic E-state index is 0.233. The van der Waals surface area contributed by atoms with Crippen molar-refractivity contribution in [2.45, 2.75) is 13.1 Å². The van der Waals surface area contributed by atoms with Crippen molar-refractivity contribution < 1.29 is 18.0 Å². The molecule has 0 aliphatic rings. The normalized spacial score (nSPS) is 11.8. The highest BCUT2D eigenvalue weighted by Gasteiger charge is 2.33. The number of benzene rings is 1. The number of nitrogens with one attached hydrogen (secondary N) is 1. The number of amides is 1. The molecule has 3 nitrogen and oxygen atoms in total. The number of nitrogens with zero attached hydrogens (tertiary/aromatic N) is 1. The van der Waals surface area contributed by atoms with E-state index < -0.39 is 17.6 Å². The average Bonchev–Trinajstić information content (AvgIpc) is 3.21. The molecule has 0 aliphatic carbocycles. The van der Waals surface area contributed by atoms with E-state index >= 15 is 0 Å². The van der Waals surface area contributed by atoms with Crippen molar-refractivity contribution in [1.29, 1.82) is 0 Å². The Morgan fingerprint density at radius 3 is 2.62 bits per heavy atom. The summed E-state index contributed by atoms with van der Waals surface area (Å²) >= 11 is 2.81. The van der Waals surface area contributed by atoms with Crippen LogP contribution in [0.15, 0.2) is 52.8 Å². The van der Waals surface area contributed by atoms with Gasteiger partial charge in [-0.2, -0.15) is 13.2 Å². The fourth-order valence-electron chi connectivity index (χ4n) is 2.25. The lowest BCUT2D eigenvalue weighted by Gasteiger charge is -2.13. The van der Waals surface area contributed by atoms with E-state index in [4.69, 9.17) is 0 Å². The lowest BCUT2D eigenvalue weighted by Crippen LogP contribution is -2.16. The number of para-hydroxylation sites is 1. The number of hydrogen-bond donors (Lipinski definition) is 1. The van der Waals surface area contributed by atoms with Crippen LogP contribution in [0.3, 0.4) is 0 Å². The standard InChI is InChI=1S/C18H13F3N2OS2/c1-11-6-7-12(26-11)10-22-17-13(8-9-25-17)16(24)23-15-5-3-2-4-14(15)18(19,20)21/h2-10H,1H3,(H,23,24)/b22-10+. The molecule has 0 aliphatic heterocycles. The Morgan fingerprint density at radius 2 is 1.92 bits per heavy atom. The molecule has 0 radical (unpaired) electrons. The maximum Gasteiger partial charge on any atom is 0.418 e. The maximum absolute atomic E-state index is 13.1. The van der Waals surface area contributed by atoms with Gasteiger partial charge in [-0.05, 0) is 42.6 Å². The van der Waals surface area contributed by atoms with Crippen molar-refractivity contribution in [2.24, 2.45) is 4.99 Å². The van der Waals surface area contributed by atoms with E-state index in [9.17, 15) is 18.0 Å². The number of thiophene rings is 2. The van der Waals surface area contributed by atoms with Gasteiger partial charge in [-0.25, -0.2) is 4.99 Å². The van der Waals surface area contributed by atoms with E-state index in [1.165, 1.54) is 29.5 Å². The van der Waals surface area contributed by atoms with Crippen LogP contribution in [-0.4, -0.2) is 12.1 Å². The van der Waals surface area contributed by atoms with Crippen LogP contribution in [0.25, 0.3) is 0 Å². The van der Waals surface area contributed by atoms with Gasteiger partial charge in [0.1, 0.15) is 5.00 Å². The number of alkyl halides is 3. The summed E-state index contributed by atoms with van der Waals surface area (Å²) in [7, 11) is 0. The van der Waals surface area contributed by atoms with Gasteiger partial charge in [0.05, 0.1) is 16.8 Å². The number of hydrogen-bond acceptors (Lipinski definition) is 4. The molecule has 0 spiro atoms. The average molecular weight is 394 g/mol. The molecule has 1 aromatic carbocycles. The summed E-state index contributed by atoms with van der Waals surface area (Å²) < 4.78 is 39.2. The number of anilines is 1. The van der Waals surface area contributed by atoms with Crippen molar-refractivity contribution in [3.8, 4) is 0 Å². The molecule has 2 aromatic heterocycles. The molecule has 2 heterocycles. The lowest BCUT2D eigenvalue weighted by atomic mass is 10.1. The second-order valence-electron chi connectivity index (χ2n) is 5.34. The predicted molar refractivity (Wildman–Crippen MR) is 100 cm³/mol. The second kappa shape index (κ2) is 7.43. The van der Waals surface area contributed by atoms with Gasteiger partial charge in [-0.3, -0.25) is 4.79 Å². The van der Waals surface area contributed by atoms with Crippen molar-refractivity contribution in [3.63, 3.8) is 0 Å². The third-order valence-corrected chi connectivity index (χ3v) is 5.20. The largest absolute Gasteiger partial charge is 0.418 e. The predicted octanol–water partition coefficient (Wildman–Crippen LogP) is 6.14. The summed E-state index contributed by atoms with van der Waals surface area (Å²) in [6.45, 7) is 1.98. The Kier molecular flexibility index (Phi) is 5.24. The second-order valence-corrected chi connectivity index (χ2v) is 7.56. The first-order valence-corrected chi connectivity index (χ1v) is 9.20. The van der Waals surface area contributed by atoms with Crippen LogP contribution in [0.1, 0.15) is 25.7 Å². The summed E-state index contributed by atoms with van der Waals surface area (Å²) in [4.78, 5) is 18.8. The summed E-state index contributed by atoms with van der Waals surface area (Å²) in [5, 5.41) is 4.46. The quantitative estimate of drug-likeness (QED) is 0.531. The van der Waals surface area contributed by atoms with Crippen LogP contribution in [0.4, 0.5) is 23.9 Å². The summed E-state index contributed by atoms with van der Waals surface area (Å²) in [6, 6.07) is 10.3. The fourth-order valence-corrected chi connectivity index (χ4v) is 3.73. The van der Waals surface area contributed by atoms with Gasteiger partial charge in [0.15, 0.2) is 0 Å². The molecule has 8 heteroatoms. The van der Waals surface area contributed by atoms with Crippen LogP contribution in [0.5, 0.6) is 0 Å². The van der Waals surface area contributed by atoms with E-state index in [-0.39, 0.29) is 11.3 Å². The van der Waals surface area contributed by atoms with Gasteiger partial charge >= 0.3 is 6.18 Å². The highest BCUT2D eigenvalue weighted by molar-refractivity contribution is 7.14. The zero-order valence-corrected chi connectivity index (χ0v) is 15.1. The Hall–Kier alpha value is -2.45.